The van der Waals surface area contributed by atoms with Crippen molar-refractivity contribution >= 4 is 17.7 Å². The summed E-state index contributed by atoms with van der Waals surface area (Å²) in [5.41, 5.74) is 0. The molecule has 1 aliphatic carbocycles. The van der Waals surface area contributed by atoms with Gasteiger partial charge in [0.15, 0.2) is 11.5 Å². The first-order chi connectivity index (χ1) is 14.5. The molecule has 3 N–H and O–H groups in total. The highest BCUT2D eigenvalue weighted by Gasteiger charge is 2.44. The molecule has 6 nitrogen and oxygen atoms in total. The zero-order valence-corrected chi connectivity index (χ0v) is 18.2. The Labute approximate surface area is 182 Å². The van der Waals surface area contributed by atoms with Gasteiger partial charge in [0.2, 0.25) is 0 Å². The zero-order chi connectivity index (χ0) is 21.5. The lowest BCUT2D eigenvalue weighted by Crippen LogP contribution is -2.27. The fraction of sp³-hybridized carbons (Fsp3) is 0.609. The normalized spacial score (nSPS) is 29.5. The third-order valence-electron chi connectivity index (χ3n) is 6.03. The largest absolute Gasteiger partial charge is 0.493 e. The average molecular weight is 437 g/mol. The van der Waals surface area contributed by atoms with Crippen molar-refractivity contribution in [2.24, 2.45) is 11.8 Å². The Hall–Kier alpha value is -1.70. The molecule has 0 unspecified atom stereocenters. The van der Waals surface area contributed by atoms with E-state index in [1.54, 1.807) is 19.3 Å². The number of ether oxygens (including phenoxy) is 2. The molecule has 3 rings (SSSR count). The van der Waals surface area contributed by atoms with Crippen molar-refractivity contribution in [1.29, 1.82) is 0 Å². The van der Waals surface area contributed by atoms with Gasteiger partial charge in [-0.1, -0.05) is 24.3 Å². The van der Waals surface area contributed by atoms with E-state index in [0.717, 1.165) is 25.7 Å². The number of thioether (sulfide) groups is 1. The number of carboxylic acids is 1. The van der Waals surface area contributed by atoms with E-state index in [1.807, 2.05) is 36.0 Å². The number of carbonyl (C=O) groups is 1. The summed E-state index contributed by atoms with van der Waals surface area (Å²) >= 11 is 1.92. The van der Waals surface area contributed by atoms with Gasteiger partial charge in [0.1, 0.15) is 12.7 Å². The van der Waals surface area contributed by atoms with Gasteiger partial charge in [-0.2, -0.15) is 11.8 Å². The summed E-state index contributed by atoms with van der Waals surface area (Å²) in [5, 5.41) is 30.6. The highest BCUT2D eigenvalue weighted by atomic mass is 32.2. The van der Waals surface area contributed by atoms with Gasteiger partial charge in [0, 0.05) is 22.8 Å². The number of aliphatic carboxylic acids is 1. The maximum absolute atomic E-state index is 10.7. The number of hydrogen-bond donors (Lipinski definition) is 3. The molecule has 6 atom stereocenters. The average Bonchev–Trinajstić information content (AvgIpc) is 3.04. The summed E-state index contributed by atoms with van der Waals surface area (Å²) in [5.74, 6) is 0.928. The first kappa shape index (κ1) is 23.0. The Balaban J connectivity index is 1.48. The summed E-state index contributed by atoms with van der Waals surface area (Å²) in [6.07, 6.45) is 7.25. The van der Waals surface area contributed by atoms with Crippen LogP contribution in [0.3, 0.4) is 0 Å². The number of carboxylic acid groups (broad SMARTS) is 1. The second kappa shape index (κ2) is 11.1. The van der Waals surface area contributed by atoms with Crippen molar-refractivity contribution in [3.8, 4) is 11.5 Å². The van der Waals surface area contributed by atoms with Crippen molar-refractivity contribution in [3.05, 3.63) is 36.4 Å². The van der Waals surface area contributed by atoms with Gasteiger partial charge >= 0.3 is 5.97 Å². The van der Waals surface area contributed by atoms with Gasteiger partial charge in [-0.05, 0) is 50.2 Å². The molecule has 1 aromatic carbocycles. The highest BCUT2D eigenvalue weighted by Crippen LogP contribution is 2.49. The lowest BCUT2D eigenvalue weighted by Gasteiger charge is -2.33. The number of rotatable bonds is 10. The highest BCUT2D eigenvalue weighted by molar-refractivity contribution is 8.00. The van der Waals surface area contributed by atoms with E-state index in [9.17, 15) is 15.0 Å². The van der Waals surface area contributed by atoms with Crippen LogP contribution in [0.25, 0.3) is 0 Å². The first-order valence-corrected chi connectivity index (χ1v) is 11.6. The van der Waals surface area contributed by atoms with Crippen LogP contribution in [-0.2, 0) is 4.79 Å². The molecule has 0 bridgehead atoms. The first-order valence-electron chi connectivity index (χ1n) is 10.7. The van der Waals surface area contributed by atoms with E-state index in [4.69, 9.17) is 14.6 Å². The Morgan fingerprint density at radius 1 is 1.30 bits per heavy atom. The molecule has 30 heavy (non-hydrogen) atoms. The molecule has 1 aromatic rings. The number of para-hydroxylation sites is 2. The number of benzene rings is 1. The van der Waals surface area contributed by atoms with Crippen LogP contribution in [0.1, 0.15) is 38.5 Å². The molecule has 0 aromatic heterocycles. The van der Waals surface area contributed by atoms with Crippen LogP contribution in [0.15, 0.2) is 36.4 Å². The molecule has 1 heterocycles. The minimum atomic E-state index is -0.763. The van der Waals surface area contributed by atoms with Crippen LogP contribution in [-0.4, -0.2) is 57.7 Å². The van der Waals surface area contributed by atoms with E-state index in [2.05, 4.69) is 0 Å². The smallest absolute Gasteiger partial charge is 0.303 e. The molecule has 2 aliphatic rings. The number of aliphatic hydroxyl groups is 2. The SMILES string of the molecule is COc1ccccc1OC[C@H](O)/C=C/[C@@H]1[C@H]2CC[C@H](CCCC(=O)O)S[C@H]2C[C@H]1O. The van der Waals surface area contributed by atoms with Crippen LogP contribution >= 0.6 is 11.8 Å². The third-order valence-corrected chi connectivity index (χ3v) is 7.78. The van der Waals surface area contributed by atoms with E-state index in [-0.39, 0.29) is 18.9 Å². The molecular weight excluding hydrogens is 404 g/mol. The summed E-state index contributed by atoms with van der Waals surface area (Å²) in [4.78, 5) is 10.7. The lowest BCUT2D eigenvalue weighted by atomic mass is 9.88. The minimum absolute atomic E-state index is 0.0448. The maximum atomic E-state index is 10.7. The second-order valence-electron chi connectivity index (χ2n) is 8.12. The van der Waals surface area contributed by atoms with Crippen LogP contribution in [0.5, 0.6) is 11.5 Å². The third kappa shape index (κ3) is 6.15. The quantitative estimate of drug-likeness (QED) is 0.483. The van der Waals surface area contributed by atoms with E-state index >= 15 is 0 Å². The van der Waals surface area contributed by atoms with Crippen LogP contribution in [0.4, 0.5) is 0 Å². The standard InChI is InChI=1S/C23H32O6S/c1-28-20-6-2-3-7-21(20)29-14-15(24)9-11-17-18-12-10-16(5-4-8-23(26)27)30-22(18)13-19(17)25/h2-3,6-7,9,11,15-19,22,24-25H,4-5,8,10,12-14H2,1H3,(H,26,27)/b11-9+/t15-,16+,17-,18-,19-,22+/m1/s1. The van der Waals surface area contributed by atoms with Gasteiger partial charge in [-0.3, -0.25) is 4.79 Å². The fourth-order valence-electron chi connectivity index (χ4n) is 4.52. The fourth-order valence-corrected chi connectivity index (χ4v) is 6.42. The zero-order valence-electron chi connectivity index (χ0n) is 17.4. The van der Waals surface area contributed by atoms with Gasteiger partial charge in [0.25, 0.3) is 0 Å². The molecule has 0 spiro atoms. The van der Waals surface area contributed by atoms with Crippen LogP contribution in [0, 0.1) is 11.8 Å². The number of aliphatic hydroxyl groups excluding tert-OH is 2. The summed E-state index contributed by atoms with van der Waals surface area (Å²) < 4.78 is 10.9. The maximum Gasteiger partial charge on any atom is 0.303 e. The lowest BCUT2D eigenvalue weighted by molar-refractivity contribution is -0.137. The van der Waals surface area contributed by atoms with Crippen molar-refractivity contribution < 1.29 is 29.6 Å². The van der Waals surface area contributed by atoms with E-state index in [1.165, 1.54) is 0 Å². The molecule has 2 fully saturated rings. The Morgan fingerprint density at radius 2 is 2.07 bits per heavy atom. The Kier molecular flexibility index (Phi) is 8.48. The van der Waals surface area contributed by atoms with E-state index < -0.39 is 18.2 Å². The van der Waals surface area contributed by atoms with Gasteiger partial charge < -0.3 is 24.8 Å². The second-order valence-corrected chi connectivity index (χ2v) is 9.66. The molecule has 7 heteroatoms. The van der Waals surface area contributed by atoms with Gasteiger partial charge in [0.05, 0.1) is 13.2 Å². The molecular formula is C23H32O6S. The Bertz CT molecular complexity index is 723. The summed E-state index contributed by atoms with van der Waals surface area (Å²) in [7, 11) is 1.58. The number of methoxy groups -OCH3 is 1. The predicted octanol–water partition coefficient (Wildman–Crippen LogP) is 3.51. The van der Waals surface area contributed by atoms with Gasteiger partial charge in [-0.25, -0.2) is 0 Å². The molecule has 1 aliphatic heterocycles. The predicted molar refractivity (Wildman–Crippen MR) is 117 cm³/mol. The number of fused-ring (bicyclic) bond motifs is 1. The number of hydrogen-bond acceptors (Lipinski definition) is 6. The summed E-state index contributed by atoms with van der Waals surface area (Å²) in [6, 6.07) is 7.32. The summed E-state index contributed by atoms with van der Waals surface area (Å²) in [6.45, 7) is 0.119. The molecule has 0 radical (unpaired) electrons. The molecule has 1 saturated heterocycles. The van der Waals surface area contributed by atoms with Crippen LogP contribution < -0.4 is 9.47 Å². The van der Waals surface area contributed by atoms with Crippen LogP contribution in [0.2, 0.25) is 0 Å². The van der Waals surface area contributed by atoms with Crippen molar-refractivity contribution in [1.82, 2.24) is 0 Å². The molecule has 166 valence electrons. The Morgan fingerprint density at radius 3 is 2.80 bits per heavy atom. The van der Waals surface area contributed by atoms with Crippen molar-refractivity contribution in [2.75, 3.05) is 13.7 Å². The van der Waals surface area contributed by atoms with Crippen molar-refractivity contribution in [2.45, 2.75) is 61.2 Å². The van der Waals surface area contributed by atoms with E-state index in [0.29, 0.717) is 34.3 Å². The monoisotopic (exact) mass is 436 g/mol. The molecule has 0 amide bonds. The van der Waals surface area contributed by atoms with Gasteiger partial charge in [-0.15, -0.1) is 0 Å². The minimum Gasteiger partial charge on any atom is -0.493 e. The topological polar surface area (TPSA) is 96.2 Å². The van der Waals surface area contributed by atoms with Crippen molar-refractivity contribution in [3.63, 3.8) is 0 Å². The molecule has 1 saturated carbocycles.